The van der Waals surface area contributed by atoms with E-state index in [1.165, 1.54) is 11.3 Å². The Labute approximate surface area is 155 Å². The third-order valence-electron chi connectivity index (χ3n) is 3.99. The minimum atomic E-state index is -0.668. The molecular weight excluding hydrogens is 352 g/mol. The Bertz CT molecular complexity index is 975. The predicted molar refractivity (Wildman–Crippen MR) is 103 cm³/mol. The standard InChI is InChI=1S/C19H20N2O4S/c1-4-21-16-10-5-13(11-17(16)26-19(21)23)20-18(22)12(2)25-15-8-6-14(24-3)7-9-15/h5-12H,4H2,1-3H3,(H,20,22). The Morgan fingerprint density at radius 1 is 1.19 bits per heavy atom. The fraction of sp³-hybridized carbons (Fsp3) is 0.263. The smallest absolute Gasteiger partial charge is 0.308 e. The van der Waals surface area contributed by atoms with E-state index in [2.05, 4.69) is 5.32 Å². The van der Waals surface area contributed by atoms with Crippen LogP contribution in [0.5, 0.6) is 11.5 Å². The summed E-state index contributed by atoms with van der Waals surface area (Å²) < 4.78 is 13.3. The fourth-order valence-electron chi connectivity index (χ4n) is 2.60. The van der Waals surface area contributed by atoms with Gasteiger partial charge in [0, 0.05) is 12.2 Å². The van der Waals surface area contributed by atoms with Crippen LogP contribution in [0.2, 0.25) is 0 Å². The number of hydrogen-bond donors (Lipinski definition) is 1. The minimum absolute atomic E-state index is 0.00202. The highest BCUT2D eigenvalue weighted by molar-refractivity contribution is 7.16. The van der Waals surface area contributed by atoms with Crippen molar-refractivity contribution < 1.29 is 14.3 Å². The zero-order chi connectivity index (χ0) is 18.7. The van der Waals surface area contributed by atoms with E-state index in [0.29, 0.717) is 18.0 Å². The number of thiazole rings is 1. The second-order valence-electron chi connectivity index (χ2n) is 5.72. The van der Waals surface area contributed by atoms with Crippen LogP contribution in [0, 0.1) is 0 Å². The van der Waals surface area contributed by atoms with Crippen molar-refractivity contribution in [2.75, 3.05) is 12.4 Å². The van der Waals surface area contributed by atoms with Gasteiger partial charge in [-0.3, -0.25) is 14.2 Å². The van der Waals surface area contributed by atoms with E-state index in [-0.39, 0.29) is 10.8 Å². The van der Waals surface area contributed by atoms with Crippen molar-refractivity contribution in [1.82, 2.24) is 4.57 Å². The van der Waals surface area contributed by atoms with Crippen molar-refractivity contribution in [3.63, 3.8) is 0 Å². The zero-order valence-corrected chi connectivity index (χ0v) is 15.6. The molecule has 1 amide bonds. The van der Waals surface area contributed by atoms with Gasteiger partial charge in [-0.25, -0.2) is 0 Å². The van der Waals surface area contributed by atoms with Crippen LogP contribution in [0.15, 0.2) is 47.3 Å². The molecule has 136 valence electrons. The van der Waals surface area contributed by atoms with Crippen molar-refractivity contribution in [3.05, 3.63) is 52.1 Å². The van der Waals surface area contributed by atoms with Crippen molar-refractivity contribution in [2.24, 2.45) is 0 Å². The number of carbonyl (C=O) groups is 1. The molecule has 0 aliphatic heterocycles. The van der Waals surface area contributed by atoms with Crippen LogP contribution in [0.25, 0.3) is 10.2 Å². The van der Waals surface area contributed by atoms with Gasteiger partial charge in [0.25, 0.3) is 5.91 Å². The normalized spacial score (nSPS) is 12.0. The molecule has 1 aromatic heterocycles. The molecule has 26 heavy (non-hydrogen) atoms. The molecule has 0 aliphatic rings. The first-order chi connectivity index (χ1) is 12.5. The highest BCUT2D eigenvalue weighted by Gasteiger charge is 2.16. The van der Waals surface area contributed by atoms with Gasteiger partial charge in [-0.05, 0) is 56.3 Å². The van der Waals surface area contributed by atoms with Crippen LogP contribution in [0.3, 0.4) is 0 Å². The number of amides is 1. The third-order valence-corrected chi connectivity index (χ3v) is 4.94. The summed E-state index contributed by atoms with van der Waals surface area (Å²) in [5, 5.41) is 2.83. The number of ether oxygens (including phenoxy) is 2. The Balaban J connectivity index is 1.70. The lowest BCUT2D eigenvalue weighted by Gasteiger charge is -2.15. The van der Waals surface area contributed by atoms with Gasteiger partial charge < -0.3 is 14.8 Å². The van der Waals surface area contributed by atoms with Crippen LogP contribution in [-0.4, -0.2) is 23.7 Å². The van der Waals surface area contributed by atoms with E-state index in [1.807, 2.05) is 19.1 Å². The number of nitrogens with zero attached hydrogens (tertiary/aromatic N) is 1. The molecule has 0 saturated carbocycles. The van der Waals surface area contributed by atoms with Gasteiger partial charge in [0.15, 0.2) is 6.10 Å². The summed E-state index contributed by atoms with van der Waals surface area (Å²) in [5.74, 6) is 1.05. The lowest BCUT2D eigenvalue weighted by molar-refractivity contribution is -0.122. The second kappa shape index (κ2) is 7.61. The van der Waals surface area contributed by atoms with Crippen molar-refractivity contribution in [2.45, 2.75) is 26.5 Å². The number of hydrogen-bond acceptors (Lipinski definition) is 5. The summed E-state index contributed by atoms with van der Waals surface area (Å²) >= 11 is 1.17. The first-order valence-corrected chi connectivity index (χ1v) is 9.08. The lowest BCUT2D eigenvalue weighted by Crippen LogP contribution is -2.30. The number of aryl methyl sites for hydroxylation is 1. The van der Waals surface area contributed by atoms with Gasteiger partial charge in [-0.15, -0.1) is 0 Å². The number of aromatic nitrogens is 1. The average Bonchev–Trinajstić information content (AvgIpc) is 2.96. The monoisotopic (exact) mass is 372 g/mol. The SMILES string of the molecule is CCn1c(=O)sc2cc(NC(=O)C(C)Oc3ccc(OC)cc3)ccc21. The van der Waals surface area contributed by atoms with Gasteiger partial charge in [0.1, 0.15) is 11.5 Å². The third kappa shape index (κ3) is 3.72. The Morgan fingerprint density at radius 3 is 2.54 bits per heavy atom. The number of benzene rings is 2. The van der Waals surface area contributed by atoms with Gasteiger partial charge in [-0.2, -0.15) is 0 Å². The van der Waals surface area contributed by atoms with E-state index in [4.69, 9.17) is 9.47 Å². The van der Waals surface area contributed by atoms with E-state index >= 15 is 0 Å². The molecular formula is C19H20N2O4S. The van der Waals surface area contributed by atoms with Gasteiger partial charge in [0.05, 0.1) is 17.3 Å². The van der Waals surface area contributed by atoms with E-state index in [1.54, 1.807) is 48.9 Å². The highest BCUT2D eigenvalue weighted by Crippen LogP contribution is 2.23. The molecule has 1 N–H and O–H groups in total. The molecule has 7 heteroatoms. The molecule has 2 aromatic carbocycles. The molecule has 3 rings (SSSR count). The summed E-state index contributed by atoms with van der Waals surface area (Å²) in [6, 6.07) is 12.5. The van der Waals surface area contributed by atoms with Crippen LogP contribution in [0.1, 0.15) is 13.8 Å². The number of methoxy groups -OCH3 is 1. The number of nitrogens with one attached hydrogen (secondary N) is 1. The summed E-state index contributed by atoms with van der Waals surface area (Å²) in [6.07, 6.45) is -0.668. The quantitative estimate of drug-likeness (QED) is 0.719. The molecule has 0 fully saturated rings. The summed E-state index contributed by atoms with van der Waals surface area (Å²) in [7, 11) is 1.59. The van der Waals surface area contributed by atoms with Crippen LogP contribution in [0.4, 0.5) is 5.69 Å². The second-order valence-corrected chi connectivity index (χ2v) is 6.71. The molecule has 1 heterocycles. The van der Waals surface area contributed by atoms with Crippen LogP contribution >= 0.6 is 11.3 Å². The number of fused-ring (bicyclic) bond motifs is 1. The number of carbonyl (C=O) groups excluding carboxylic acids is 1. The molecule has 0 bridgehead atoms. The molecule has 0 aliphatic carbocycles. The fourth-order valence-corrected chi connectivity index (χ4v) is 3.59. The molecule has 0 saturated heterocycles. The maximum absolute atomic E-state index is 12.4. The first kappa shape index (κ1) is 18.0. The van der Waals surface area contributed by atoms with E-state index in [9.17, 15) is 9.59 Å². The van der Waals surface area contributed by atoms with Crippen molar-refractivity contribution in [1.29, 1.82) is 0 Å². The van der Waals surface area contributed by atoms with Gasteiger partial charge >= 0.3 is 4.87 Å². The maximum Gasteiger partial charge on any atom is 0.308 e. The molecule has 1 atom stereocenters. The molecule has 6 nitrogen and oxygen atoms in total. The Hall–Kier alpha value is -2.80. The highest BCUT2D eigenvalue weighted by atomic mass is 32.1. The number of anilines is 1. The summed E-state index contributed by atoms with van der Waals surface area (Å²) in [5.41, 5.74) is 1.51. The number of rotatable bonds is 6. The van der Waals surface area contributed by atoms with Crippen molar-refractivity contribution >= 4 is 33.1 Å². The Kier molecular flexibility index (Phi) is 5.27. The topological polar surface area (TPSA) is 69.6 Å². The largest absolute Gasteiger partial charge is 0.497 e. The minimum Gasteiger partial charge on any atom is -0.497 e. The van der Waals surface area contributed by atoms with E-state index < -0.39 is 6.10 Å². The van der Waals surface area contributed by atoms with Crippen LogP contribution < -0.4 is 19.7 Å². The van der Waals surface area contributed by atoms with E-state index in [0.717, 1.165) is 16.0 Å². The van der Waals surface area contributed by atoms with Crippen molar-refractivity contribution in [3.8, 4) is 11.5 Å². The van der Waals surface area contributed by atoms with Gasteiger partial charge in [-0.1, -0.05) is 11.3 Å². The molecule has 0 radical (unpaired) electrons. The molecule has 1 unspecified atom stereocenters. The Morgan fingerprint density at radius 2 is 1.88 bits per heavy atom. The summed E-state index contributed by atoms with van der Waals surface area (Å²) in [6.45, 7) is 4.24. The summed E-state index contributed by atoms with van der Waals surface area (Å²) in [4.78, 5) is 24.3. The lowest BCUT2D eigenvalue weighted by atomic mass is 10.2. The zero-order valence-electron chi connectivity index (χ0n) is 14.8. The molecule has 3 aromatic rings. The average molecular weight is 372 g/mol. The maximum atomic E-state index is 12.4. The molecule has 0 spiro atoms. The van der Waals surface area contributed by atoms with Gasteiger partial charge in [0.2, 0.25) is 0 Å². The first-order valence-electron chi connectivity index (χ1n) is 8.26. The predicted octanol–water partition coefficient (Wildman–Crippen LogP) is 3.50. The van der Waals surface area contributed by atoms with Crippen LogP contribution in [-0.2, 0) is 11.3 Å².